The second kappa shape index (κ2) is 12.3. The Bertz CT molecular complexity index is 866. The van der Waals surface area contributed by atoms with Crippen molar-refractivity contribution in [1.29, 1.82) is 0 Å². The van der Waals surface area contributed by atoms with Gasteiger partial charge in [0, 0.05) is 42.3 Å². The SMILES string of the molecule is CCCCc1cc(N2CC[C@H](NCC)C2)nc(Nc2cc(N)cc(C(F)(F)F)c2)n1.Cl.Cl. The largest absolute Gasteiger partial charge is 0.416 e. The van der Waals surface area contributed by atoms with Crippen molar-refractivity contribution >= 4 is 48.0 Å². The minimum atomic E-state index is -4.47. The van der Waals surface area contributed by atoms with Gasteiger partial charge in [0.15, 0.2) is 0 Å². The van der Waals surface area contributed by atoms with Crippen LogP contribution in [0.15, 0.2) is 24.3 Å². The smallest absolute Gasteiger partial charge is 0.399 e. The number of anilines is 4. The summed E-state index contributed by atoms with van der Waals surface area (Å²) in [6, 6.07) is 5.78. The van der Waals surface area contributed by atoms with E-state index in [0.717, 1.165) is 69.0 Å². The first-order valence-corrected chi connectivity index (χ1v) is 10.4. The number of benzene rings is 1. The van der Waals surface area contributed by atoms with Crippen molar-refractivity contribution in [2.75, 3.05) is 35.6 Å². The maximum atomic E-state index is 13.1. The highest BCUT2D eigenvalue weighted by molar-refractivity contribution is 5.85. The average Bonchev–Trinajstić information content (AvgIpc) is 3.14. The lowest BCUT2D eigenvalue weighted by Crippen LogP contribution is -2.32. The Hall–Kier alpha value is -1.97. The number of halogens is 5. The summed E-state index contributed by atoms with van der Waals surface area (Å²) in [5, 5.41) is 6.38. The fourth-order valence-electron chi connectivity index (χ4n) is 3.63. The minimum Gasteiger partial charge on any atom is -0.399 e. The van der Waals surface area contributed by atoms with Crippen LogP contribution in [-0.4, -0.2) is 35.6 Å². The van der Waals surface area contributed by atoms with E-state index < -0.39 is 11.7 Å². The topological polar surface area (TPSA) is 79.1 Å². The first kappa shape index (κ1) is 28.1. The molecule has 1 saturated heterocycles. The molecule has 180 valence electrons. The molecule has 6 nitrogen and oxygen atoms in total. The van der Waals surface area contributed by atoms with Gasteiger partial charge in [-0.2, -0.15) is 18.2 Å². The average molecular weight is 495 g/mol. The van der Waals surface area contributed by atoms with Gasteiger partial charge in [0.1, 0.15) is 5.82 Å². The van der Waals surface area contributed by atoms with Gasteiger partial charge in [-0.15, -0.1) is 24.8 Å². The summed E-state index contributed by atoms with van der Waals surface area (Å²) >= 11 is 0. The molecular formula is C21H31Cl2F3N6. The molecule has 4 N–H and O–H groups in total. The molecule has 0 amide bonds. The van der Waals surface area contributed by atoms with E-state index in [1.807, 2.05) is 6.07 Å². The van der Waals surface area contributed by atoms with Crippen LogP contribution in [0.3, 0.4) is 0 Å². The molecule has 1 atom stereocenters. The molecule has 11 heteroatoms. The Labute approximate surface area is 199 Å². The first-order chi connectivity index (χ1) is 14.3. The summed E-state index contributed by atoms with van der Waals surface area (Å²) in [7, 11) is 0. The number of unbranched alkanes of at least 4 members (excludes halogenated alkanes) is 1. The quantitative estimate of drug-likeness (QED) is 0.438. The van der Waals surface area contributed by atoms with Gasteiger partial charge in [-0.1, -0.05) is 20.3 Å². The van der Waals surface area contributed by atoms with Crippen molar-refractivity contribution in [1.82, 2.24) is 15.3 Å². The van der Waals surface area contributed by atoms with Crippen LogP contribution in [0.25, 0.3) is 0 Å². The molecule has 0 spiro atoms. The Morgan fingerprint density at radius 1 is 1.12 bits per heavy atom. The minimum absolute atomic E-state index is 0. The molecule has 3 rings (SSSR count). The van der Waals surface area contributed by atoms with Gasteiger partial charge in [-0.25, -0.2) is 4.98 Å². The van der Waals surface area contributed by atoms with E-state index in [-0.39, 0.29) is 42.1 Å². The van der Waals surface area contributed by atoms with Crippen molar-refractivity contribution in [3.05, 3.63) is 35.5 Å². The number of nitrogen functional groups attached to an aromatic ring is 1. The molecule has 0 saturated carbocycles. The fraction of sp³-hybridized carbons (Fsp3) is 0.524. The molecule has 2 aromatic rings. The number of rotatable bonds is 8. The zero-order chi connectivity index (χ0) is 21.7. The maximum Gasteiger partial charge on any atom is 0.416 e. The lowest BCUT2D eigenvalue weighted by Gasteiger charge is -2.20. The lowest BCUT2D eigenvalue weighted by atomic mass is 10.1. The zero-order valence-electron chi connectivity index (χ0n) is 18.2. The molecule has 0 unspecified atom stereocenters. The zero-order valence-corrected chi connectivity index (χ0v) is 19.8. The first-order valence-electron chi connectivity index (χ1n) is 10.4. The second-order valence-electron chi connectivity index (χ2n) is 7.60. The van der Waals surface area contributed by atoms with Gasteiger partial charge >= 0.3 is 6.18 Å². The highest BCUT2D eigenvalue weighted by Gasteiger charge is 2.31. The lowest BCUT2D eigenvalue weighted by molar-refractivity contribution is -0.137. The van der Waals surface area contributed by atoms with Crippen LogP contribution >= 0.6 is 24.8 Å². The van der Waals surface area contributed by atoms with E-state index in [4.69, 9.17) is 5.73 Å². The van der Waals surface area contributed by atoms with Crippen LogP contribution in [0, 0.1) is 0 Å². The number of alkyl halides is 3. The fourth-order valence-corrected chi connectivity index (χ4v) is 3.63. The third-order valence-electron chi connectivity index (χ3n) is 5.10. The van der Waals surface area contributed by atoms with Gasteiger partial charge in [0.05, 0.1) is 5.56 Å². The molecule has 1 aromatic heterocycles. The summed E-state index contributed by atoms with van der Waals surface area (Å²) in [6.07, 6.45) is -0.659. The number of likely N-dealkylation sites (N-methyl/N-ethyl adjacent to an activating group) is 1. The molecule has 2 heterocycles. The van der Waals surface area contributed by atoms with Crippen LogP contribution in [0.4, 0.5) is 36.3 Å². The van der Waals surface area contributed by atoms with Crippen molar-refractivity contribution in [3.63, 3.8) is 0 Å². The molecule has 32 heavy (non-hydrogen) atoms. The van der Waals surface area contributed by atoms with Gasteiger partial charge in [-0.3, -0.25) is 0 Å². The highest BCUT2D eigenvalue weighted by atomic mass is 35.5. The van der Waals surface area contributed by atoms with E-state index in [9.17, 15) is 13.2 Å². The van der Waals surface area contributed by atoms with Crippen LogP contribution in [0.1, 0.15) is 44.4 Å². The summed E-state index contributed by atoms with van der Waals surface area (Å²) in [4.78, 5) is 11.3. The molecule has 0 bridgehead atoms. The predicted molar refractivity (Wildman–Crippen MR) is 129 cm³/mol. The van der Waals surface area contributed by atoms with E-state index >= 15 is 0 Å². The van der Waals surface area contributed by atoms with Crippen molar-refractivity contribution in [3.8, 4) is 0 Å². The predicted octanol–water partition coefficient (Wildman–Crippen LogP) is 5.20. The number of aryl methyl sites for hydroxylation is 1. The third-order valence-corrected chi connectivity index (χ3v) is 5.10. The number of hydrogen-bond acceptors (Lipinski definition) is 6. The summed E-state index contributed by atoms with van der Waals surface area (Å²) in [6.45, 7) is 6.81. The van der Waals surface area contributed by atoms with Crippen LogP contribution in [0.5, 0.6) is 0 Å². The van der Waals surface area contributed by atoms with Crippen molar-refractivity contribution in [2.45, 2.75) is 51.7 Å². The van der Waals surface area contributed by atoms with E-state index in [0.29, 0.717) is 6.04 Å². The Balaban J connectivity index is 0.00000256. The Morgan fingerprint density at radius 3 is 2.53 bits per heavy atom. The Kier molecular flexibility index (Phi) is 10.8. The Morgan fingerprint density at radius 2 is 1.88 bits per heavy atom. The monoisotopic (exact) mass is 494 g/mol. The summed E-state index contributed by atoms with van der Waals surface area (Å²) in [5.41, 5.74) is 5.99. The van der Waals surface area contributed by atoms with E-state index in [1.54, 1.807) is 0 Å². The number of nitrogens with zero attached hydrogens (tertiary/aromatic N) is 3. The highest BCUT2D eigenvalue weighted by Crippen LogP contribution is 2.33. The van der Waals surface area contributed by atoms with Crippen LogP contribution in [-0.2, 0) is 12.6 Å². The van der Waals surface area contributed by atoms with Gasteiger partial charge in [-0.05, 0) is 44.0 Å². The van der Waals surface area contributed by atoms with Crippen LogP contribution in [0.2, 0.25) is 0 Å². The molecule has 1 aliphatic heterocycles. The van der Waals surface area contributed by atoms with E-state index in [1.165, 1.54) is 6.07 Å². The third kappa shape index (κ3) is 7.56. The molecule has 1 fully saturated rings. The molecule has 0 aliphatic carbocycles. The van der Waals surface area contributed by atoms with E-state index in [2.05, 4.69) is 39.3 Å². The normalized spacial score (nSPS) is 15.8. The number of nitrogens with two attached hydrogens (primary N) is 1. The number of nitrogens with one attached hydrogen (secondary N) is 2. The maximum absolute atomic E-state index is 13.1. The molecule has 1 aromatic carbocycles. The van der Waals surface area contributed by atoms with Crippen LogP contribution < -0.4 is 21.3 Å². The number of aromatic nitrogens is 2. The molecule has 0 radical (unpaired) electrons. The standard InChI is InChI=1S/C21H29F3N6.2ClH/c1-3-5-6-16-12-19(30-8-7-17(13-30)26-4-2)29-20(27-16)28-18-10-14(21(22,23)24)9-15(25)11-18;;/h9-12,17,26H,3-8,13,25H2,1-2H3,(H,27,28,29);2*1H/t17-;;/m0../s1. The molecular weight excluding hydrogens is 464 g/mol. The summed E-state index contributed by atoms with van der Waals surface area (Å²) in [5.74, 6) is 1.07. The summed E-state index contributed by atoms with van der Waals surface area (Å²) < 4.78 is 39.4. The van der Waals surface area contributed by atoms with Crippen molar-refractivity contribution < 1.29 is 13.2 Å². The van der Waals surface area contributed by atoms with Gasteiger partial charge in [0.25, 0.3) is 0 Å². The van der Waals surface area contributed by atoms with Gasteiger partial charge in [0.2, 0.25) is 5.95 Å². The molecule has 1 aliphatic rings. The second-order valence-corrected chi connectivity index (χ2v) is 7.60. The van der Waals surface area contributed by atoms with Crippen molar-refractivity contribution in [2.24, 2.45) is 0 Å². The van der Waals surface area contributed by atoms with Gasteiger partial charge < -0.3 is 21.3 Å². The number of hydrogen-bond donors (Lipinski definition) is 3.